The summed E-state index contributed by atoms with van der Waals surface area (Å²) in [5.41, 5.74) is 1.48. The highest BCUT2D eigenvalue weighted by atomic mass is 32.2. The maximum absolute atomic E-state index is 11.3. The Morgan fingerprint density at radius 1 is 1.52 bits per heavy atom. The molecular weight excluding hydrogens is 330 g/mol. The standard InChI is InChI=1S/C16H21N3O2S2/c1-4-10-5-6-12-11(7-10)8-13(23-12)15-17-18-16(19(15)2)22-9-14(20)21-3/h8,10H,4-7,9H2,1-3H3. The Balaban J connectivity index is 1.79. The first-order chi connectivity index (χ1) is 11.1. The molecule has 0 radical (unpaired) electrons. The number of carbonyl (C=O) groups is 1. The Labute approximate surface area is 144 Å². The number of rotatable bonds is 5. The maximum atomic E-state index is 11.3. The second kappa shape index (κ2) is 7.05. The van der Waals surface area contributed by atoms with Gasteiger partial charge in [-0.15, -0.1) is 21.5 Å². The lowest BCUT2D eigenvalue weighted by Gasteiger charge is -2.19. The molecule has 124 valence electrons. The largest absolute Gasteiger partial charge is 0.468 e. The minimum atomic E-state index is -0.253. The average molecular weight is 351 g/mol. The number of hydrogen-bond acceptors (Lipinski definition) is 6. The third-order valence-corrected chi connectivity index (χ3v) is 6.59. The van der Waals surface area contributed by atoms with Crippen molar-refractivity contribution in [3.05, 3.63) is 16.5 Å². The van der Waals surface area contributed by atoms with E-state index in [1.807, 2.05) is 23.0 Å². The van der Waals surface area contributed by atoms with Crippen LogP contribution in [0.5, 0.6) is 0 Å². The molecule has 1 aliphatic carbocycles. The number of esters is 1. The molecule has 7 heteroatoms. The summed E-state index contributed by atoms with van der Waals surface area (Å²) in [7, 11) is 3.34. The van der Waals surface area contributed by atoms with Crippen LogP contribution < -0.4 is 0 Å². The number of aromatic nitrogens is 3. The molecule has 2 heterocycles. The van der Waals surface area contributed by atoms with Crippen molar-refractivity contribution in [1.29, 1.82) is 0 Å². The van der Waals surface area contributed by atoms with E-state index in [2.05, 4.69) is 27.9 Å². The van der Waals surface area contributed by atoms with E-state index in [4.69, 9.17) is 0 Å². The molecule has 0 amide bonds. The molecule has 2 aromatic rings. The van der Waals surface area contributed by atoms with Gasteiger partial charge in [0.1, 0.15) is 0 Å². The second-order valence-corrected chi connectivity index (χ2v) is 7.89. The summed E-state index contributed by atoms with van der Waals surface area (Å²) in [6, 6.07) is 2.28. The van der Waals surface area contributed by atoms with Gasteiger partial charge in [-0.25, -0.2) is 0 Å². The number of thiophene rings is 1. The van der Waals surface area contributed by atoms with E-state index in [9.17, 15) is 4.79 Å². The second-order valence-electron chi connectivity index (χ2n) is 5.81. The van der Waals surface area contributed by atoms with Crippen molar-refractivity contribution < 1.29 is 9.53 Å². The quantitative estimate of drug-likeness (QED) is 0.611. The summed E-state index contributed by atoms with van der Waals surface area (Å²) in [6.45, 7) is 2.27. The van der Waals surface area contributed by atoms with Gasteiger partial charge in [-0.3, -0.25) is 4.79 Å². The molecular formula is C16H21N3O2S2. The molecule has 0 bridgehead atoms. The van der Waals surface area contributed by atoms with E-state index in [-0.39, 0.29) is 11.7 Å². The van der Waals surface area contributed by atoms with Crippen LogP contribution in [-0.4, -0.2) is 33.6 Å². The highest BCUT2D eigenvalue weighted by Crippen LogP contribution is 2.37. The van der Waals surface area contributed by atoms with Crippen LogP contribution in [0.2, 0.25) is 0 Å². The topological polar surface area (TPSA) is 57.0 Å². The molecule has 1 unspecified atom stereocenters. The van der Waals surface area contributed by atoms with Crippen LogP contribution in [0.4, 0.5) is 0 Å². The number of carbonyl (C=O) groups excluding carboxylic acids is 1. The minimum Gasteiger partial charge on any atom is -0.468 e. The summed E-state index contributed by atoms with van der Waals surface area (Å²) in [5.74, 6) is 1.69. The van der Waals surface area contributed by atoms with Crippen molar-refractivity contribution >= 4 is 29.1 Å². The molecule has 1 aliphatic rings. The van der Waals surface area contributed by atoms with Crippen LogP contribution >= 0.6 is 23.1 Å². The zero-order valence-electron chi connectivity index (χ0n) is 13.7. The van der Waals surface area contributed by atoms with Crippen molar-refractivity contribution in [2.45, 2.75) is 37.8 Å². The summed E-state index contributed by atoms with van der Waals surface area (Å²) in [5, 5.41) is 9.27. The molecule has 0 aliphatic heterocycles. The van der Waals surface area contributed by atoms with Gasteiger partial charge in [-0.2, -0.15) is 0 Å². The Hall–Kier alpha value is -1.34. The Morgan fingerprint density at radius 2 is 2.35 bits per heavy atom. The summed E-state index contributed by atoms with van der Waals surface area (Å²) in [4.78, 5) is 13.9. The minimum absolute atomic E-state index is 0.252. The number of aryl methyl sites for hydroxylation is 1. The maximum Gasteiger partial charge on any atom is 0.316 e. The SMILES string of the molecule is CCC1CCc2sc(-c3nnc(SCC(=O)OC)n3C)cc2C1. The van der Waals surface area contributed by atoms with Crippen molar-refractivity contribution in [2.24, 2.45) is 13.0 Å². The van der Waals surface area contributed by atoms with Gasteiger partial charge in [0.15, 0.2) is 11.0 Å². The van der Waals surface area contributed by atoms with E-state index in [0.717, 1.165) is 16.9 Å². The number of methoxy groups -OCH3 is 1. The summed E-state index contributed by atoms with van der Waals surface area (Å²) >= 11 is 3.19. The Morgan fingerprint density at radius 3 is 3.09 bits per heavy atom. The zero-order valence-corrected chi connectivity index (χ0v) is 15.3. The molecule has 0 fully saturated rings. The van der Waals surface area contributed by atoms with Gasteiger partial charge in [0.05, 0.1) is 17.7 Å². The van der Waals surface area contributed by atoms with Gasteiger partial charge in [0, 0.05) is 11.9 Å². The normalized spacial score (nSPS) is 17.1. The number of nitrogens with zero attached hydrogens (tertiary/aromatic N) is 3. The van der Waals surface area contributed by atoms with Crippen LogP contribution in [0.1, 0.15) is 30.2 Å². The Kier molecular flexibility index (Phi) is 5.06. The molecule has 2 aromatic heterocycles. The lowest BCUT2D eigenvalue weighted by Crippen LogP contribution is -2.10. The molecule has 0 N–H and O–H groups in total. The Bertz CT molecular complexity index is 708. The monoisotopic (exact) mass is 351 g/mol. The van der Waals surface area contributed by atoms with Crippen LogP contribution in [0, 0.1) is 5.92 Å². The van der Waals surface area contributed by atoms with Crippen molar-refractivity contribution in [3.8, 4) is 10.7 Å². The summed E-state index contributed by atoms with van der Waals surface area (Å²) in [6.07, 6.45) is 4.91. The van der Waals surface area contributed by atoms with E-state index in [0.29, 0.717) is 0 Å². The molecule has 0 saturated heterocycles. The fourth-order valence-corrected chi connectivity index (χ4v) is 4.87. The van der Waals surface area contributed by atoms with Crippen molar-refractivity contribution in [2.75, 3.05) is 12.9 Å². The predicted octanol–water partition coefficient (Wildman–Crippen LogP) is 3.32. The smallest absolute Gasteiger partial charge is 0.316 e. The van der Waals surface area contributed by atoms with E-state index >= 15 is 0 Å². The number of fused-ring (bicyclic) bond motifs is 1. The average Bonchev–Trinajstić information content (AvgIpc) is 3.14. The van der Waals surface area contributed by atoms with E-state index in [1.165, 1.54) is 59.9 Å². The van der Waals surface area contributed by atoms with Crippen molar-refractivity contribution in [1.82, 2.24) is 14.8 Å². The van der Waals surface area contributed by atoms with Crippen molar-refractivity contribution in [3.63, 3.8) is 0 Å². The zero-order chi connectivity index (χ0) is 16.4. The van der Waals surface area contributed by atoms with E-state index in [1.54, 1.807) is 0 Å². The lowest BCUT2D eigenvalue weighted by atomic mass is 9.87. The van der Waals surface area contributed by atoms with Crippen LogP contribution in [0.15, 0.2) is 11.2 Å². The fraction of sp³-hybridized carbons (Fsp3) is 0.562. The van der Waals surface area contributed by atoms with Gasteiger partial charge >= 0.3 is 5.97 Å². The fourth-order valence-electron chi connectivity index (χ4n) is 2.90. The number of thioether (sulfide) groups is 1. The molecule has 0 spiro atoms. The van der Waals surface area contributed by atoms with Crippen LogP contribution in [0.25, 0.3) is 10.7 Å². The van der Waals surface area contributed by atoms with Crippen LogP contribution in [0.3, 0.4) is 0 Å². The first kappa shape index (κ1) is 16.5. The van der Waals surface area contributed by atoms with Gasteiger partial charge in [-0.1, -0.05) is 25.1 Å². The van der Waals surface area contributed by atoms with Gasteiger partial charge in [0.25, 0.3) is 0 Å². The van der Waals surface area contributed by atoms with Gasteiger partial charge < -0.3 is 9.30 Å². The highest BCUT2D eigenvalue weighted by molar-refractivity contribution is 7.99. The molecule has 0 saturated carbocycles. The van der Waals surface area contributed by atoms with E-state index < -0.39 is 0 Å². The van der Waals surface area contributed by atoms with Gasteiger partial charge in [0.2, 0.25) is 0 Å². The number of ether oxygens (including phenoxy) is 1. The molecule has 23 heavy (non-hydrogen) atoms. The first-order valence-corrected chi connectivity index (χ1v) is 9.63. The lowest BCUT2D eigenvalue weighted by molar-refractivity contribution is -0.137. The van der Waals surface area contributed by atoms with Crippen LogP contribution in [-0.2, 0) is 29.4 Å². The third kappa shape index (κ3) is 3.45. The molecule has 3 rings (SSSR count). The predicted molar refractivity (Wildman–Crippen MR) is 92.9 cm³/mol. The van der Waals surface area contributed by atoms with Gasteiger partial charge in [-0.05, 0) is 36.8 Å². The molecule has 5 nitrogen and oxygen atoms in total. The number of hydrogen-bond donors (Lipinski definition) is 0. The first-order valence-electron chi connectivity index (χ1n) is 7.83. The highest BCUT2D eigenvalue weighted by Gasteiger charge is 2.22. The third-order valence-electron chi connectivity index (χ3n) is 4.36. The summed E-state index contributed by atoms with van der Waals surface area (Å²) < 4.78 is 6.62. The molecule has 1 atom stereocenters. The molecule has 0 aromatic carbocycles.